The summed E-state index contributed by atoms with van der Waals surface area (Å²) in [5.41, 5.74) is 0.462. The maximum absolute atomic E-state index is 12.5. The van der Waals surface area contributed by atoms with E-state index in [9.17, 15) is 14.4 Å². The van der Waals surface area contributed by atoms with E-state index in [0.717, 1.165) is 30.6 Å². The van der Waals surface area contributed by atoms with Crippen LogP contribution >= 0.6 is 0 Å². The number of imide groups is 1. The molecule has 7 nitrogen and oxygen atoms in total. The largest absolute Gasteiger partial charge is 0.494 e. The topological polar surface area (TPSA) is 84.9 Å². The maximum Gasteiger partial charge on any atom is 0.244 e. The lowest BCUT2D eigenvalue weighted by molar-refractivity contribution is -0.142. The zero-order valence-electron chi connectivity index (χ0n) is 15.8. The van der Waals surface area contributed by atoms with E-state index in [1.807, 2.05) is 13.8 Å². The molecule has 3 amide bonds. The van der Waals surface area contributed by atoms with E-state index in [4.69, 9.17) is 9.47 Å². The summed E-state index contributed by atoms with van der Waals surface area (Å²) < 4.78 is 11.0. The molecular formula is C20H26N2O5. The van der Waals surface area contributed by atoms with Crippen molar-refractivity contribution in [2.45, 2.75) is 39.5 Å². The SMILES string of the molecule is CCOc1ccc(OCC)c(NC(=O)CN2C(=O)[C@H]3CCCC[C@@H]3C2=O)c1. The summed E-state index contributed by atoms with van der Waals surface area (Å²) in [6.07, 6.45) is 3.39. The molecule has 0 spiro atoms. The summed E-state index contributed by atoms with van der Waals surface area (Å²) in [7, 11) is 0. The highest BCUT2D eigenvalue weighted by Gasteiger charge is 2.48. The standard InChI is InChI=1S/C20H26N2O5/c1-3-26-13-9-10-17(27-4-2)16(11-13)21-18(23)12-22-19(24)14-7-5-6-8-15(14)20(22)25/h9-11,14-15H,3-8,12H2,1-2H3,(H,21,23)/t14-,15-/m0/s1. The van der Waals surface area contributed by atoms with Crippen LogP contribution in [0.5, 0.6) is 11.5 Å². The van der Waals surface area contributed by atoms with E-state index in [1.54, 1.807) is 18.2 Å². The van der Waals surface area contributed by atoms with Gasteiger partial charge in [-0.2, -0.15) is 0 Å². The predicted molar refractivity (Wildman–Crippen MR) is 99.6 cm³/mol. The fraction of sp³-hybridized carbons (Fsp3) is 0.550. The highest BCUT2D eigenvalue weighted by Crippen LogP contribution is 2.38. The molecule has 3 rings (SSSR count). The van der Waals surface area contributed by atoms with Crippen LogP contribution in [0.4, 0.5) is 5.69 Å². The van der Waals surface area contributed by atoms with Gasteiger partial charge in [0.05, 0.1) is 30.7 Å². The second kappa shape index (κ2) is 8.41. The normalized spacial score (nSPS) is 21.8. The number of hydrogen-bond acceptors (Lipinski definition) is 5. The molecule has 1 heterocycles. The number of fused-ring (bicyclic) bond motifs is 1. The molecule has 146 valence electrons. The minimum absolute atomic E-state index is 0.215. The lowest BCUT2D eigenvalue weighted by atomic mass is 9.81. The molecule has 1 aliphatic carbocycles. The molecule has 2 aliphatic rings. The van der Waals surface area contributed by atoms with E-state index < -0.39 is 5.91 Å². The minimum atomic E-state index is -0.426. The first-order valence-corrected chi connectivity index (χ1v) is 9.59. The van der Waals surface area contributed by atoms with Gasteiger partial charge >= 0.3 is 0 Å². The third-order valence-corrected chi connectivity index (χ3v) is 5.07. The number of hydrogen-bond donors (Lipinski definition) is 1. The van der Waals surface area contributed by atoms with Gasteiger partial charge in [-0.1, -0.05) is 12.8 Å². The van der Waals surface area contributed by atoms with Crippen LogP contribution in [0, 0.1) is 11.8 Å². The Morgan fingerprint density at radius 1 is 1.07 bits per heavy atom. The first-order valence-electron chi connectivity index (χ1n) is 9.59. The van der Waals surface area contributed by atoms with Crippen molar-refractivity contribution in [3.63, 3.8) is 0 Å². The molecule has 0 unspecified atom stereocenters. The Hall–Kier alpha value is -2.57. The van der Waals surface area contributed by atoms with Gasteiger partial charge in [-0.3, -0.25) is 19.3 Å². The number of amides is 3. The molecule has 1 saturated heterocycles. The first-order chi connectivity index (χ1) is 13.0. The number of anilines is 1. The van der Waals surface area contributed by atoms with E-state index in [1.165, 1.54) is 0 Å². The molecule has 1 aliphatic heterocycles. The molecule has 1 saturated carbocycles. The van der Waals surface area contributed by atoms with Gasteiger partial charge in [0.2, 0.25) is 17.7 Å². The molecule has 7 heteroatoms. The minimum Gasteiger partial charge on any atom is -0.494 e. The zero-order valence-corrected chi connectivity index (χ0v) is 15.8. The Morgan fingerprint density at radius 2 is 1.70 bits per heavy atom. The Labute approximate surface area is 159 Å². The van der Waals surface area contributed by atoms with Crippen LogP contribution < -0.4 is 14.8 Å². The Bertz CT molecular complexity index is 709. The summed E-state index contributed by atoms with van der Waals surface area (Å²) in [6, 6.07) is 5.17. The number of ether oxygens (including phenoxy) is 2. The first kappa shape index (κ1) is 19.2. The van der Waals surface area contributed by atoms with Crippen LogP contribution in [-0.4, -0.2) is 42.4 Å². The number of likely N-dealkylation sites (tertiary alicyclic amines) is 1. The molecule has 0 bridgehead atoms. The van der Waals surface area contributed by atoms with E-state index >= 15 is 0 Å². The van der Waals surface area contributed by atoms with Crippen molar-refractivity contribution in [2.24, 2.45) is 11.8 Å². The van der Waals surface area contributed by atoms with Gasteiger partial charge in [-0.25, -0.2) is 0 Å². The van der Waals surface area contributed by atoms with Gasteiger partial charge in [0.25, 0.3) is 0 Å². The maximum atomic E-state index is 12.5. The summed E-state index contributed by atoms with van der Waals surface area (Å²) in [6.45, 7) is 4.41. The van der Waals surface area contributed by atoms with Gasteiger partial charge in [-0.15, -0.1) is 0 Å². The van der Waals surface area contributed by atoms with E-state index in [0.29, 0.717) is 30.4 Å². The summed E-state index contributed by atoms with van der Waals surface area (Å²) in [5.74, 6) is -0.234. The zero-order chi connectivity index (χ0) is 19.4. The Morgan fingerprint density at radius 3 is 2.30 bits per heavy atom. The van der Waals surface area contributed by atoms with Crippen molar-refractivity contribution >= 4 is 23.4 Å². The van der Waals surface area contributed by atoms with Gasteiger partial charge in [0.1, 0.15) is 18.0 Å². The van der Waals surface area contributed by atoms with Crippen molar-refractivity contribution in [3.05, 3.63) is 18.2 Å². The number of carbonyl (C=O) groups excluding carboxylic acids is 3. The molecule has 1 aromatic carbocycles. The van der Waals surface area contributed by atoms with Crippen molar-refractivity contribution in [2.75, 3.05) is 25.1 Å². The highest BCUT2D eigenvalue weighted by atomic mass is 16.5. The van der Waals surface area contributed by atoms with Crippen LogP contribution in [0.1, 0.15) is 39.5 Å². The lowest BCUT2D eigenvalue weighted by Crippen LogP contribution is -2.38. The average molecular weight is 374 g/mol. The molecule has 1 aromatic rings. The third kappa shape index (κ3) is 4.07. The number of carbonyl (C=O) groups is 3. The van der Waals surface area contributed by atoms with Gasteiger partial charge in [-0.05, 0) is 38.8 Å². The highest BCUT2D eigenvalue weighted by molar-refractivity contribution is 6.08. The average Bonchev–Trinajstić information content (AvgIpc) is 2.89. The van der Waals surface area contributed by atoms with Gasteiger partial charge in [0, 0.05) is 6.07 Å². The fourth-order valence-electron chi connectivity index (χ4n) is 3.86. The smallest absolute Gasteiger partial charge is 0.244 e. The fourth-order valence-corrected chi connectivity index (χ4v) is 3.86. The second-order valence-corrected chi connectivity index (χ2v) is 6.83. The van der Waals surface area contributed by atoms with Crippen molar-refractivity contribution in [1.82, 2.24) is 4.90 Å². The molecule has 2 atom stereocenters. The second-order valence-electron chi connectivity index (χ2n) is 6.83. The number of nitrogens with one attached hydrogen (secondary N) is 1. The number of nitrogens with zero attached hydrogens (tertiary/aromatic N) is 1. The van der Waals surface area contributed by atoms with E-state index in [2.05, 4.69) is 5.32 Å². The predicted octanol–water partition coefficient (Wildman–Crippen LogP) is 2.60. The molecule has 1 N–H and O–H groups in total. The molecule has 0 aromatic heterocycles. The van der Waals surface area contributed by atoms with Gasteiger partial charge < -0.3 is 14.8 Å². The monoisotopic (exact) mass is 374 g/mol. The van der Waals surface area contributed by atoms with Gasteiger partial charge in [0.15, 0.2) is 0 Å². The summed E-state index contributed by atoms with van der Waals surface area (Å²) in [4.78, 5) is 38.7. The van der Waals surface area contributed by atoms with Crippen LogP contribution in [0.25, 0.3) is 0 Å². The Balaban J connectivity index is 1.71. The van der Waals surface area contributed by atoms with Crippen LogP contribution in [0.3, 0.4) is 0 Å². The molecule has 0 radical (unpaired) electrons. The summed E-state index contributed by atoms with van der Waals surface area (Å²) >= 11 is 0. The lowest BCUT2D eigenvalue weighted by Gasteiger charge is -2.19. The van der Waals surface area contributed by atoms with Crippen molar-refractivity contribution < 1.29 is 23.9 Å². The van der Waals surface area contributed by atoms with Crippen molar-refractivity contribution in [3.8, 4) is 11.5 Å². The Kier molecular flexibility index (Phi) is 5.98. The molecule has 2 fully saturated rings. The van der Waals surface area contributed by atoms with Crippen LogP contribution in [-0.2, 0) is 14.4 Å². The van der Waals surface area contributed by atoms with E-state index in [-0.39, 0.29) is 30.2 Å². The molecular weight excluding hydrogens is 348 g/mol. The van der Waals surface area contributed by atoms with Crippen LogP contribution in [0.15, 0.2) is 18.2 Å². The van der Waals surface area contributed by atoms with Crippen LogP contribution in [0.2, 0.25) is 0 Å². The summed E-state index contributed by atoms with van der Waals surface area (Å²) in [5, 5.41) is 2.75. The van der Waals surface area contributed by atoms with Crippen molar-refractivity contribution in [1.29, 1.82) is 0 Å². The quantitative estimate of drug-likeness (QED) is 0.742. The number of rotatable bonds is 7. The third-order valence-electron chi connectivity index (χ3n) is 5.07. The molecule has 27 heavy (non-hydrogen) atoms. The number of benzene rings is 1.